The molecule has 5 rings (SSSR count). The molecule has 0 saturated carbocycles. The molecule has 0 atom stereocenters. The molecule has 8 heteroatoms. The lowest BCUT2D eigenvalue weighted by atomic mass is 9.73. The van der Waals surface area contributed by atoms with Gasteiger partial charge in [-0.1, -0.05) is 0 Å². The zero-order valence-corrected chi connectivity index (χ0v) is 25.7. The molecule has 0 bridgehead atoms. The molecule has 1 N–H and O–H groups in total. The molecular formula is C28H48N2O3S3. The average Bonchev–Trinajstić information content (AvgIpc) is 2.78. The van der Waals surface area contributed by atoms with E-state index in [1.165, 1.54) is 48.7 Å². The van der Waals surface area contributed by atoms with Gasteiger partial charge >= 0.3 is 0 Å². The number of Topliss-reactive ketones (excluding diaryl/α,β-unsaturated/α-hetero) is 3. The van der Waals surface area contributed by atoms with Crippen molar-refractivity contribution in [2.75, 3.05) is 41.6 Å². The lowest BCUT2D eigenvalue weighted by Gasteiger charge is -2.52. The summed E-state index contributed by atoms with van der Waals surface area (Å²) in [5.41, 5.74) is 0.392. The van der Waals surface area contributed by atoms with Crippen LogP contribution in [0.5, 0.6) is 0 Å². The third kappa shape index (κ3) is 8.49. The van der Waals surface area contributed by atoms with Gasteiger partial charge in [0, 0.05) is 72.2 Å². The number of nitrogens with one attached hydrogen (secondary N) is 1. The highest BCUT2D eigenvalue weighted by Crippen LogP contribution is 2.41. The molecule has 5 aliphatic heterocycles. The van der Waals surface area contributed by atoms with E-state index in [9.17, 15) is 14.4 Å². The van der Waals surface area contributed by atoms with Gasteiger partial charge in [0.25, 0.3) is 0 Å². The first-order valence-electron chi connectivity index (χ1n) is 13.7. The van der Waals surface area contributed by atoms with Crippen molar-refractivity contribution in [1.82, 2.24) is 10.2 Å². The van der Waals surface area contributed by atoms with Crippen molar-refractivity contribution >= 4 is 52.6 Å². The summed E-state index contributed by atoms with van der Waals surface area (Å²) in [5, 5.41) is 3.97. The van der Waals surface area contributed by atoms with E-state index in [1.807, 2.05) is 35.3 Å². The van der Waals surface area contributed by atoms with Crippen LogP contribution in [-0.4, -0.2) is 86.0 Å². The Bertz CT molecular complexity index is 731. The number of likely N-dealkylation sites (tertiary alicyclic amines) is 1. The summed E-state index contributed by atoms with van der Waals surface area (Å²) in [5.74, 6) is 8.37. The number of nitrogens with zero attached hydrogens (tertiary/aromatic N) is 1. The summed E-state index contributed by atoms with van der Waals surface area (Å²) in [6.07, 6.45) is 9.35. The highest BCUT2D eigenvalue weighted by Gasteiger charge is 2.48. The molecule has 0 aromatic carbocycles. The SMILES string of the molecule is CN1C(C)(C)CC(=O)CC1(C)C.O=C1CC2(CCSCC2)NC2(CCSCC2)C1.O=C1CCSCC1. The van der Waals surface area contributed by atoms with Gasteiger partial charge in [0.1, 0.15) is 17.3 Å². The van der Waals surface area contributed by atoms with Crippen molar-refractivity contribution in [3.63, 3.8) is 0 Å². The molecule has 36 heavy (non-hydrogen) atoms. The Morgan fingerprint density at radius 1 is 0.583 bits per heavy atom. The summed E-state index contributed by atoms with van der Waals surface area (Å²) >= 11 is 5.96. The Kier molecular flexibility index (Phi) is 10.9. The van der Waals surface area contributed by atoms with Gasteiger partial charge in [0.05, 0.1) is 0 Å². The van der Waals surface area contributed by atoms with Gasteiger partial charge in [0.2, 0.25) is 0 Å². The highest BCUT2D eigenvalue weighted by molar-refractivity contribution is 7.99. The Hall–Kier alpha value is -0.0200. The molecular weight excluding hydrogens is 509 g/mol. The van der Waals surface area contributed by atoms with Gasteiger partial charge in [-0.3, -0.25) is 19.3 Å². The van der Waals surface area contributed by atoms with E-state index in [2.05, 4.69) is 45.0 Å². The second kappa shape index (κ2) is 12.9. The minimum Gasteiger partial charge on any atom is -0.305 e. The largest absolute Gasteiger partial charge is 0.305 e. The lowest BCUT2D eigenvalue weighted by Crippen LogP contribution is -2.65. The number of piperidine rings is 2. The van der Waals surface area contributed by atoms with Crippen LogP contribution in [0.2, 0.25) is 0 Å². The normalized spacial score (nSPS) is 29.1. The van der Waals surface area contributed by atoms with Crippen LogP contribution < -0.4 is 5.32 Å². The van der Waals surface area contributed by atoms with E-state index < -0.39 is 0 Å². The summed E-state index contributed by atoms with van der Waals surface area (Å²) in [7, 11) is 2.10. The van der Waals surface area contributed by atoms with Crippen LogP contribution in [0.25, 0.3) is 0 Å². The van der Waals surface area contributed by atoms with Crippen molar-refractivity contribution in [2.24, 2.45) is 0 Å². The molecule has 5 saturated heterocycles. The Labute approximate surface area is 232 Å². The molecule has 2 spiro atoms. The number of hydrogen-bond donors (Lipinski definition) is 1. The first-order chi connectivity index (χ1) is 16.9. The Morgan fingerprint density at radius 3 is 1.31 bits per heavy atom. The maximum Gasteiger partial charge on any atom is 0.136 e. The van der Waals surface area contributed by atoms with E-state index in [0.717, 1.165) is 37.2 Å². The molecule has 5 fully saturated rings. The van der Waals surface area contributed by atoms with Crippen LogP contribution in [0.3, 0.4) is 0 Å². The van der Waals surface area contributed by atoms with Crippen molar-refractivity contribution in [2.45, 2.75) is 114 Å². The topological polar surface area (TPSA) is 66.5 Å². The number of carbonyl (C=O) groups is 3. The summed E-state index contributed by atoms with van der Waals surface area (Å²) in [6, 6.07) is 0. The van der Waals surface area contributed by atoms with Gasteiger partial charge in [0.15, 0.2) is 0 Å². The smallest absolute Gasteiger partial charge is 0.136 e. The Balaban J connectivity index is 0.000000165. The first kappa shape index (κ1) is 30.5. The second-order valence-electron chi connectivity index (χ2n) is 12.5. The maximum atomic E-state index is 12.2. The molecule has 0 amide bonds. The van der Waals surface area contributed by atoms with Gasteiger partial charge in [-0.25, -0.2) is 0 Å². The summed E-state index contributed by atoms with van der Waals surface area (Å²) < 4.78 is 0. The van der Waals surface area contributed by atoms with Crippen LogP contribution in [0.4, 0.5) is 0 Å². The number of thioether (sulfide) groups is 3. The maximum absolute atomic E-state index is 12.2. The predicted octanol–water partition coefficient (Wildman–Crippen LogP) is 5.39. The quantitative estimate of drug-likeness (QED) is 0.426. The van der Waals surface area contributed by atoms with Gasteiger partial charge in [-0.2, -0.15) is 35.3 Å². The second-order valence-corrected chi connectivity index (χ2v) is 16.2. The summed E-state index contributed by atoms with van der Waals surface area (Å²) in [4.78, 5) is 36.3. The van der Waals surface area contributed by atoms with Crippen LogP contribution in [0.15, 0.2) is 0 Å². The third-order valence-corrected chi connectivity index (χ3v) is 11.6. The van der Waals surface area contributed by atoms with Crippen molar-refractivity contribution in [3.8, 4) is 0 Å². The van der Waals surface area contributed by atoms with Crippen LogP contribution in [0.1, 0.15) is 91.9 Å². The van der Waals surface area contributed by atoms with E-state index in [4.69, 9.17) is 0 Å². The van der Waals surface area contributed by atoms with E-state index in [-0.39, 0.29) is 22.2 Å². The van der Waals surface area contributed by atoms with Crippen molar-refractivity contribution in [1.29, 1.82) is 0 Å². The van der Waals surface area contributed by atoms with Gasteiger partial charge in [-0.15, -0.1) is 0 Å². The molecule has 5 heterocycles. The molecule has 0 aromatic rings. The first-order valence-corrected chi connectivity index (χ1v) is 17.2. The lowest BCUT2D eigenvalue weighted by molar-refractivity contribution is -0.131. The molecule has 206 valence electrons. The fourth-order valence-corrected chi connectivity index (χ4v) is 9.78. The number of rotatable bonds is 0. The predicted molar refractivity (Wildman–Crippen MR) is 158 cm³/mol. The van der Waals surface area contributed by atoms with Crippen molar-refractivity contribution in [3.05, 3.63) is 0 Å². The average molecular weight is 557 g/mol. The zero-order valence-electron chi connectivity index (χ0n) is 23.2. The molecule has 5 nitrogen and oxygen atoms in total. The molecule has 0 unspecified atom stereocenters. The Morgan fingerprint density at radius 2 is 0.944 bits per heavy atom. The molecule has 0 aliphatic carbocycles. The van der Waals surface area contributed by atoms with Crippen LogP contribution in [0, 0.1) is 0 Å². The van der Waals surface area contributed by atoms with Crippen molar-refractivity contribution < 1.29 is 14.4 Å². The van der Waals surface area contributed by atoms with Gasteiger partial charge in [-0.05, 0) is 83.4 Å². The zero-order chi connectivity index (χ0) is 26.5. The van der Waals surface area contributed by atoms with Crippen LogP contribution >= 0.6 is 35.3 Å². The molecule has 0 aromatic heterocycles. The number of ketones is 3. The minimum absolute atomic E-state index is 0.0266. The number of carbonyl (C=O) groups excluding carboxylic acids is 3. The third-order valence-electron chi connectivity index (χ3n) is 8.63. The molecule has 5 aliphatic rings. The fourth-order valence-electron chi connectivity index (χ4n) is 6.28. The standard InChI is InChI=1S/C13H21NOS2.C10H19NO.C5H8OS/c15-11-9-12(1-5-16-6-2-12)14-13(10-11)3-7-17-8-4-13;1-9(2)6-8(12)7-10(3,4)11(9)5;6-5-1-3-7-4-2-5/h14H,1-10H2;6-7H2,1-5H3;1-4H2. The molecule has 0 radical (unpaired) electrons. The minimum atomic E-state index is 0.0266. The fraction of sp³-hybridized carbons (Fsp3) is 0.893. The van der Waals surface area contributed by atoms with Gasteiger partial charge < -0.3 is 5.32 Å². The number of hydrogen-bond acceptors (Lipinski definition) is 8. The summed E-state index contributed by atoms with van der Waals surface area (Å²) in [6.45, 7) is 8.52. The van der Waals surface area contributed by atoms with E-state index in [0.29, 0.717) is 30.2 Å². The highest BCUT2D eigenvalue weighted by atomic mass is 32.2. The van der Waals surface area contributed by atoms with Crippen LogP contribution in [-0.2, 0) is 14.4 Å². The van der Waals surface area contributed by atoms with E-state index in [1.54, 1.807) is 0 Å². The van der Waals surface area contributed by atoms with E-state index >= 15 is 0 Å². The monoisotopic (exact) mass is 556 g/mol.